The summed E-state index contributed by atoms with van der Waals surface area (Å²) in [5.74, 6) is -0.355. The van der Waals surface area contributed by atoms with E-state index in [4.69, 9.17) is 11.6 Å². The van der Waals surface area contributed by atoms with Crippen molar-refractivity contribution in [2.45, 2.75) is 6.54 Å². The lowest BCUT2D eigenvalue weighted by Crippen LogP contribution is -2.08. The second kappa shape index (κ2) is 6.18. The van der Waals surface area contributed by atoms with Crippen LogP contribution < -0.4 is 10.9 Å². The molecule has 0 aliphatic heterocycles. The predicted molar refractivity (Wildman–Crippen MR) is 98.6 cm³/mol. The number of aromatic nitrogens is 2. The maximum Gasteiger partial charge on any atom is 0.257 e. The van der Waals surface area contributed by atoms with Gasteiger partial charge in [0.15, 0.2) is 0 Å². The van der Waals surface area contributed by atoms with Gasteiger partial charge >= 0.3 is 0 Å². The van der Waals surface area contributed by atoms with Gasteiger partial charge in [0.1, 0.15) is 11.5 Å². The molecule has 0 amide bonds. The van der Waals surface area contributed by atoms with E-state index >= 15 is 0 Å². The zero-order valence-electron chi connectivity index (χ0n) is 13.0. The van der Waals surface area contributed by atoms with Crippen molar-refractivity contribution in [2.24, 2.45) is 0 Å². The number of rotatable bonds is 3. The second-order valence-corrected chi connectivity index (χ2v) is 6.08. The Labute approximate surface area is 147 Å². The number of nitrogens with zero attached hydrogens (tertiary/aromatic N) is 1. The third-order valence-corrected chi connectivity index (χ3v) is 4.48. The average molecular weight is 354 g/mol. The lowest BCUT2D eigenvalue weighted by atomic mass is 10.1. The molecule has 4 nitrogen and oxygen atoms in total. The summed E-state index contributed by atoms with van der Waals surface area (Å²) >= 11 is 6.06. The minimum Gasteiger partial charge on any atom is -0.381 e. The Bertz CT molecular complexity index is 1140. The molecule has 0 radical (unpaired) electrons. The number of anilines is 1. The van der Waals surface area contributed by atoms with Crippen LogP contribution in [0.15, 0.2) is 59.5 Å². The summed E-state index contributed by atoms with van der Waals surface area (Å²) in [7, 11) is 0. The molecule has 0 atom stereocenters. The first kappa shape index (κ1) is 15.6. The van der Waals surface area contributed by atoms with Gasteiger partial charge in [-0.2, -0.15) is 0 Å². The lowest BCUT2D eigenvalue weighted by Gasteiger charge is -2.10. The van der Waals surface area contributed by atoms with Crippen LogP contribution in [0.25, 0.3) is 21.8 Å². The van der Waals surface area contributed by atoms with Gasteiger partial charge in [-0.3, -0.25) is 4.79 Å². The topological polar surface area (TPSA) is 57.8 Å². The van der Waals surface area contributed by atoms with Crippen LogP contribution in [0.3, 0.4) is 0 Å². The lowest BCUT2D eigenvalue weighted by molar-refractivity contribution is 0.613. The molecule has 4 aromatic rings. The van der Waals surface area contributed by atoms with Crippen molar-refractivity contribution in [2.75, 3.05) is 5.32 Å². The van der Waals surface area contributed by atoms with Gasteiger partial charge < -0.3 is 10.3 Å². The van der Waals surface area contributed by atoms with E-state index in [-0.39, 0.29) is 17.9 Å². The molecule has 25 heavy (non-hydrogen) atoms. The normalized spacial score (nSPS) is 11.1. The Morgan fingerprint density at radius 3 is 2.80 bits per heavy atom. The molecular formula is C19H13ClFN3O. The molecule has 0 spiro atoms. The maximum absolute atomic E-state index is 13.9. The van der Waals surface area contributed by atoms with E-state index in [1.54, 1.807) is 30.5 Å². The quantitative estimate of drug-likeness (QED) is 0.534. The van der Waals surface area contributed by atoms with E-state index in [0.717, 1.165) is 16.5 Å². The summed E-state index contributed by atoms with van der Waals surface area (Å²) < 4.78 is 13.9. The highest BCUT2D eigenvalue weighted by Gasteiger charge is 2.09. The number of halogens is 2. The zero-order chi connectivity index (χ0) is 17.4. The molecule has 0 aliphatic carbocycles. The highest BCUT2D eigenvalue weighted by Crippen LogP contribution is 2.25. The minimum atomic E-state index is -0.355. The molecule has 0 fully saturated rings. The van der Waals surface area contributed by atoms with Crippen molar-refractivity contribution in [3.63, 3.8) is 0 Å². The summed E-state index contributed by atoms with van der Waals surface area (Å²) in [4.78, 5) is 19.2. The van der Waals surface area contributed by atoms with E-state index in [0.29, 0.717) is 21.6 Å². The number of hydrogen-bond donors (Lipinski definition) is 2. The zero-order valence-corrected chi connectivity index (χ0v) is 13.8. The number of benzene rings is 2. The van der Waals surface area contributed by atoms with Gasteiger partial charge in [0, 0.05) is 45.2 Å². The predicted octanol–water partition coefficient (Wildman–Crippen LogP) is 4.48. The first-order chi connectivity index (χ1) is 12.1. The number of aromatic amines is 1. The van der Waals surface area contributed by atoms with Gasteiger partial charge in [0.25, 0.3) is 5.56 Å². The molecule has 0 aliphatic rings. The highest BCUT2D eigenvalue weighted by atomic mass is 35.5. The van der Waals surface area contributed by atoms with E-state index in [1.165, 1.54) is 6.07 Å². The van der Waals surface area contributed by atoms with Gasteiger partial charge in [-0.15, -0.1) is 0 Å². The fourth-order valence-electron chi connectivity index (χ4n) is 2.86. The van der Waals surface area contributed by atoms with Gasteiger partial charge in [0.05, 0.1) is 0 Å². The molecule has 0 saturated heterocycles. The van der Waals surface area contributed by atoms with Gasteiger partial charge in [-0.1, -0.05) is 17.7 Å². The second-order valence-electron chi connectivity index (χ2n) is 5.67. The summed E-state index contributed by atoms with van der Waals surface area (Å²) in [6, 6.07) is 13.7. The maximum atomic E-state index is 13.9. The van der Waals surface area contributed by atoms with Crippen LogP contribution in [-0.2, 0) is 6.54 Å². The molecule has 2 aromatic heterocycles. The van der Waals surface area contributed by atoms with Crippen LogP contribution in [0, 0.1) is 5.82 Å². The summed E-state index contributed by atoms with van der Waals surface area (Å²) in [6.45, 7) is 0.246. The van der Waals surface area contributed by atoms with E-state index in [9.17, 15) is 9.18 Å². The number of nitrogens with one attached hydrogen (secondary N) is 2. The first-order valence-electron chi connectivity index (χ1n) is 7.71. The molecule has 2 heterocycles. The van der Waals surface area contributed by atoms with E-state index < -0.39 is 0 Å². The van der Waals surface area contributed by atoms with E-state index in [2.05, 4.69) is 15.3 Å². The minimum absolute atomic E-state index is 0.190. The number of hydrogen-bond acceptors (Lipinski definition) is 3. The summed E-state index contributed by atoms with van der Waals surface area (Å²) in [6.07, 6.45) is 1.63. The van der Waals surface area contributed by atoms with Crippen molar-refractivity contribution < 1.29 is 4.39 Å². The van der Waals surface area contributed by atoms with Crippen molar-refractivity contribution in [3.05, 3.63) is 81.5 Å². The molecule has 2 aromatic carbocycles. The Morgan fingerprint density at radius 2 is 1.96 bits per heavy atom. The number of fused-ring (bicyclic) bond motifs is 3. The summed E-state index contributed by atoms with van der Waals surface area (Å²) in [5, 5.41) is 5.75. The summed E-state index contributed by atoms with van der Waals surface area (Å²) in [5.41, 5.74) is 1.52. The van der Waals surface area contributed by atoms with E-state index in [1.807, 2.05) is 18.2 Å². The molecular weight excluding hydrogens is 341 g/mol. The third kappa shape index (κ3) is 2.83. The highest BCUT2D eigenvalue weighted by molar-refractivity contribution is 6.31. The Morgan fingerprint density at radius 1 is 1.08 bits per heavy atom. The van der Waals surface area contributed by atoms with Crippen molar-refractivity contribution in [1.82, 2.24) is 9.97 Å². The van der Waals surface area contributed by atoms with Gasteiger partial charge in [0.2, 0.25) is 0 Å². The number of pyridine rings is 2. The monoisotopic (exact) mass is 353 g/mol. The Kier molecular flexibility index (Phi) is 3.86. The molecule has 0 saturated carbocycles. The standard InChI is InChI=1S/C19H13ClFN3O/c20-16-4-1-5-17(21)15(16)10-23-11-6-7-13-14(9-11)12-3-2-8-22-18(12)24-19(13)25/h1-9,23H,10H2,(H,22,24,25). The smallest absolute Gasteiger partial charge is 0.257 e. The molecule has 6 heteroatoms. The van der Waals surface area contributed by atoms with Crippen molar-refractivity contribution in [1.29, 1.82) is 0 Å². The fraction of sp³-hybridized carbons (Fsp3) is 0.0526. The SMILES string of the molecule is O=c1[nH]c2ncccc2c2cc(NCc3c(F)cccc3Cl)ccc12. The molecule has 2 N–H and O–H groups in total. The van der Waals surface area contributed by atoms with Crippen LogP contribution in [0.5, 0.6) is 0 Å². The average Bonchev–Trinajstić information content (AvgIpc) is 2.61. The number of H-pyrrole nitrogens is 1. The first-order valence-corrected chi connectivity index (χ1v) is 8.09. The Hall–Kier alpha value is -2.92. The van der Waals surface area contributed by atoms with Gasteiger partial charge in [-0.05, 0) is 42.5 Å². The largest absolute Gasteiger partial charge is 0.381 e. The molecule has 0 bridgehead atoms. The molecule has 4 rings (SSSR count). The Balaban J connectivity index is 1.76. The molecule has 124 valence electrons. The van der Waals surface area contributed by atoms with Crippen molar-refractivity contribution >= 4 is 39.1 Å². The van der Waals surface area contributed by atoms with Crippen LogP contribution in [0.2, 0.25) is 5.02 Å². The van der Waals surface area contributed by atoms with Crippen LogP contribution in [0.1, 0.15) is 5.56 Å². The van der Waals surface area contributed by atoms with Crippen LogP contribution >= 0.6 is 11.6 Å². The fourth-order valence-corrected chi connectivity index (χ4v) is 3.09. The van der Waals surface area contributed by atoms with Gasteiger partial charge in [-0.25, -0.2) is 9.37 Å². The molecule has 0 unspecified atom stereocenters. The van der Waals surface area contributed by atoms with Crippen molar-refractivity contribution in [3.8, 4) is 0 Å². The van der Waals surface area contributed by atoms with Crippen LogP contribution in [-0.4, -0.2) is 9.97 Å². The third-order valence-electron chi connectivity index (χ3n) is 4.12. The van der Waals surface area contributed by atoms with Crippen LogP contribution in [0.4, 0.5) is 10.1 Å².